The fourth-order valence-electron chi connectivity index (χ4n) is 2.28. The predicted octanol–water partition coefficient (Wildman–Crippen LogP) is 1.94. The lowest BCUT2D eigenvalue weighted by molar-refractivity contribution is -0.120. The van der Waals surface area contributed by atoms with Crippen LogP contribution in [-0.2, 0) is 25.1 Å². The van der Waals surface area contributed by atoms with E-state index in [-0.39, 0.29) is 11.9 Å². The van der Waals surface area contributed by atoms with Crippen molar-refractivity contribution < 1.29 is 17.9 Å². The van der Waals surface area contributed by atoms with Gasteiger partial charge in [-0.25, -0.2) is 8.42 Å². The van der Waals surface area contributed by atoms with Crippen molar-refractivity contribution in [2.75, 3.05) is 13.2 Å². The van der Waals surface area contributed by atoms with Gasteiger partial charge >= 0.3 is 0 Å². The fourth-order valence-corrected chi connectivity index (χ4v) is 3.91. The SMILES string of the molecule is C[C@H](C(=O)NC[C@H]1CCCO1)S(=O)(=O)Cc1ccccc1Cl. The Kier molecular flexibility index (Phi) is 5.83. The highest BCUT2D eigenvalue weighted by Crippen LogP contribution is 2.20. The average molecular weight is 346 g/mol. The lowest BCUT2D eigenvalue weighted by Crippen LogP contribution is -2.41. The Balaban J connectivity index is 1.95. The second kappa shape index (κ2) is 7.44. The number of rotatable bonds is 6. The van der Waals surface area contributed by atoms with Crippen molar-refractivity contribution >= 4 is 27.3 Å². The first-order chi connectivity index (χ1) is 10.4. The van der Waals surface area contributed by atoms with E-state index in [1.54, 1.807) is 24.3 Å². The van der Waals surface area contributed by atoms with E-state index in [0.29, 0.717) is 23.7 Å². The van der Waals surface area contributed by atoms with E-state index >= 15 is 0 Å². The minimum Gasteiger partial charge on any atom is -0.376 e. The number of carbonyl (C=O) groups is 1. The lowest BCUT2D eigenvalue weighted by atomic mass is 10.2. The molecule has 5 nitrogen and oxygen atoms in total. The van der Waals surface area contributed by atoms with Gasteiger partial charge in [0.25, 0.3) is 0 Å². The molecule has 1 aromatic rings. The van der Waals surface area contributed by atoms with Crippen LogP contribution in [0.25, 0.3) is 0 Å². The van der Waals surface area contributed by atoms with Gasteiger partial charge in [0.2, 0.25) is 5.91 Å². The normalized spacial score (nSPS) is 19.8. The van der Waals surface area contributed by atoms with Gasteiger partial charge in [-0.15, -0.1) is 0 Å². The Morgan fingerprint density at radius 1 is 1.45 bits per heavy atom. The molecule has 1 N–H and O–H groups in total. The molecule has 0 saturated carbocycles. The summed E-state index contributed by atoms with van der Waals surface area (Å²) in [5.41, 5.74) is 0.503. The molecule has 1 heterocycles. The van der Waals surface area contributed by atoms with Gasteiger partial charge in [-0.2, -0.15) is 0 Å². The molecule has 0 aliphatic carbocycles. The molecule has 1 aliphatic rings. The van der Waals surface area contributed by atoms with Gasteiger partial charge in [0.15, 0.2) is 9.84 Å². The molecule has 1 amide bonds. The summed E-state index contributed by atoms with van der Waals surface area (Å²) in [6.07, 6.45) is 1.85. The van der Waals surface area contributed by atoms with E-state index in [2.05, 4.69) is 5.32 Å². The van der Waals surface area contributed by atoms with Gasteiger partial charge in [-0.1, -0.05) is 29.8 Å². The molecule has 1 fully saturated rings. The molecule has 2 rings (SSSR count). The van der Waals surface area contributed by atoms with Gasteiger partial charge in [0, 0.05) is 18.2 Å². The maximum Gasteiger partial charge on any atom is 0.238 e. The molecule has 0 spiro atoms. The van der Waals surface area contributed by atoms with Gasteiger partial charge in [-0.3, -0.25) is 4.79 Å². The van der Waals surface area contributed by atoms with Crippen molar-refractivity contribution in [3.05, 3.63) is 34.9 Å². The molecule has 1 aromatic carbocycles. The highest BCUT2D eigenvalue weighted by Gasteiger charge is 2.29. The minimum absolute atomic E-state index is 0.0116. The largest absolute Gasteiger partial charge is 0.376 e. The van der Waals surface area contributed by atoms with E-state index in [4.69, 9.17) is 16.3 Å². The summed E-state index contributed by atoms with van der Waals surface area (Å²) in [4.78, 5) is 12.0. The minimum atomic E-state index is -3.62. The van der Waals surface area contributed by atoms with Crippen LogP contribution >= 0.6 is 11.6 Å². The molecule has 0 bridgehead atoms. The number of hydrogen-bond donors (Lipinski definition) is 1. The van der Waals surface area contributed by atoms with Gasteiger partial charge in [0.05, 0.1) is 11.9 Å². The van der Waals surface area contributed by atoms with Gasteiger partial charge < -0.3 is 10.1 Å². The van der Waals surface area contributed by atoms with Crippen molar-refractivity contribution in [1.29, 1.82) is 0 Å². The Labute approximate surface area is 135 Å². The monoisotopic (exact) mass is 345 g/mol. The van der Waals surface area contributed by atoms with E-state index < -0.39 is 21.0 Å². The Hall–Kier alpha value is -1.11. The Morgan fingerprint density at radius 3 is 2.82 bits per heavy atom. The van der Waals surface area contributed by atoms with E-state index in [9.17, 15) is 13.2 Å². The van der Waals surface area contributed by atoms with Crippen molar-refractivity contribution in [3.8, 4) is 0 Å². The lowest BCUT2D eigenvalue weighted by Gasteiger charge is -2.16. The zero-order valence-electron chi connectivity index (χ0n) is 12.4. The van der Waals surface area contributed by atoms with E-state index in [0.717, 1.165) is 12.8 Å². The van der Waals surface area contributed by atoms with Crippen LogP contribution in [0.4, 0.5) is 0 Å². The highest BCUT2D eigenvalue weighted by atomic mass is 35.5. The first-order valence-corrected chi connectivity index (χ1v) is 9.34. The second-order valence-corrected chi connectivity index (χ2v) is 8.15. The van der Waals surface area contributed by atoms with Crippen molar-refractivity contribution in [3.63, 3.8) is 0 Å². The smallest absolute Gasteiger partial charge is 0.238 e. The third-order valence-electron chi connectivity index (χ3n) is 3.75. The molecule has 0 radical (unpaired) electrons. The molecule has 0 unspecified atom stereocenters. The number of benzene rings is 1. The number of nitrogens with one attached hydrogen (secondary N) is 1. The summed E-state index contributed by atoms with van der Waals surface area (Å²) in [7, 11) is -3.62. The average Bonchev–Trinajstić information content (AvgIpc) is 2.99. The molecular weight excluding hydrogens is 326 g/mol. The van der Waals surface area contributed by atoms with Crippen LogP contribution in [-0.4, -0.2) is 38.8 Å². The first kappa shape index (κ1) is 17.2. The van der Waals surface area contributed by atoms with Crippen molar-refractivity contribution in [1.82, 2.24) is 5.32 Å². The molecular formula is C15H20ClNO4S. The van der Waals surface area contributed by atoms with Crippen LogP contribution in [0.5, 0.6) is 0 Å². The quantitative estimate of drug-likeness (QED) is 0.855. The molecule has 1 aliphatic heterocycles. The Morgan fingerprint density at radius 2 is 2.18 bits per heavy atom. The third kappa shape index (κ3) is 4.44. The van der Waals surface area contributed by atoms with E-state index in [1.165, 1.54) is 6.92 Å². The van der Waals surface area contributed by atoms with Crippen LogP contribution in [0.3, 0.4) is 0 Å². The first-order valence-electron chi connectivity index (χ1n) is 7.24. The van der Waals surface area contributed by atoms with Crippen molar-refractivity contribution in [2.45, 2.75) is 36.9 Å². The highest BCUT2D eigenvalue weighted by molar-refractivity contribution is 7.92. The number of ether oxygens (including phenoxy) is 1. The number of hydrogen-bond acceptors (Lipinski definition) is 4. The van der Waals surface area contributed by atoms with Crippen LogP contribution in [0, 0.1) is 0 Å². The summed E-state index contributed by atoms with van der Waals surface area (Å²) < 4.78 is 30.1. The zero-order chi connectivity index (χ0) is 16.2. The summed E-state index contributed by atoms with van der Waals surface area (Å²) >= 11 is 5.98. The number of sulfone groups is 1. The van der Waals surface area contributed by atoms with Gasteiger partial charge in [0.1, 0.15) is 5.25 Å². The van der Waals surface area contributed by atoms with Crippen molar-refractivity contribution in [2.24, 2.45) is 0 Å². The number of carbonyl (C=O) groups excluding carboxylic acids is 1. The standard InChI is InChI=1S/C15H20ClNO4S/c1-11(15(18)17-9-13-6-4-8-21-13)22(19,20)10-12-5-2-3-7-14(12)16/h2-3,5,7,11,13H,4,6,8-10H2,1H3,(H,17,18)/t11-,13-/m1/s1. The number of halogens is 1. The summed E-state index contributed by atoms with van der Waals surface area (Å²) in [6.45, 7) is 2.45. The molecule has 7 heteroatoms. The summed E-state index contributed by atoms with van der Waals surface area (Å²) in [5.74, 6) is -0.746. The van der Waals surface area contributed by atoms with E-state index in [1.807, 2.05) is 0 Å². The van der Waals surface area contributed by atoms with Crippen LogP contribution < -0.4 is 5.32 Å². The molecule has 0 aromatic heterocycles. The predicted molar refractivity (Wildman–Crippen MR) is 85.5 cm³/mol. The maximum absolute atomic E-state index is 12.3. The summed E-state index contributed by atoms with van der Waals surface area (Å²) in [5, 5.41) is 1.92. The molecule has 22 heavy (non-hydrogen) atoms. The molecule has 122 valence electrons. The van der Waals surface area contributed by atoms with Crippen LogP contribution in [0.1, 0.15) is 25.3 Å². The summed E-state index contributed by atoms with van der Waals surface area (Å²) in [6, 6.07) is 6.74. The Bertz CT molecular complexity index is 626. The topological polar surface area (TPSA) is 72.5 Å². The number of amides is 1. The third-order valence-corrected chi connectivity index (χ3v) is 6.12. The fraction of sp³-hybridized carbons (Fsp3) is 0.533. The molecule has 2 atom stereocenters. The molecule has 1 saturated heterocycles. The van der Waals surface area contributed by atoms with Gasteiger partial charge in [-0.05, 0) is 31.4 Å². The maximum atomic E-state index is 12.3. The van der Waals surface area contributed by atoms with Crippen LogP contribution in [0.15, 0.2) is 24.3 Å². The zero-order valence-corrected chi connectivity index (χ0v) is 14.0. The van der Waals surface area contributed by atoms with Crippen LogP contribution in [0.2, 0.25) is 5.02 Å². The second-order valence-electron chi connectivity index (χ2n) is 5.42.